The average Bonchev–Trinajstić information content (AvgIpc) is 2.94. The van der Waals surface area contributed by atoms with E-state index in [0.29, 0.717) is 5.56 Å². The Hall–Kier alpha value is -0.920. The van der Waals surface area contributed by atoms with Crippen LogP contribution in [0.25, 0.3) is 0 Å². The van der Waals surface area contributed by atoms with Gasteiger partial charge >= 0.3 is 0 Å². The van der Waals surface area contributed by atoms with Crippen LogP contribution in [0.1, 0.15) is 31.7 Å². The van der Waals surface area contributed by atoms with Crippen LogP contribution in [0.2, 0.25) is 0 Å². The summed E-state index contributed by atoms with van der Waals surface area (Å²) < 4.78 is 12.2. The quantitative estimate of drug-likeness (QED) is 0.605. The highest BCUT2D eigenvalue weighted by atomic mass is 19.1. The molecule has 0 unspecified atom stereocenters. The Morgan fingerprint density at radius 3 is 2.46 bits per heavy atom. The summed E-state index contributed by atoms with van der Waals surface area (Å²) in [5.41, 5.74) is 0.590. The van der Waals surface area contributed by atoms with Gasteiger partial charge in [0.05, 0.1) is 0 Å². The van der Waals surface area contributed by atoms with Crippen molar-refractivity contribution in [1.29, 1.82) is 0 Å². The van der Waals surface area contributed by atoms with Gasteiger partial charge in [-0.1, -0.05) is 32.3 Å². The maximum Gasteiger partial charge on any atom is 0.215 e. The molecule has 1 aromatic heterocycles. The summed E-state index contributed by atoms with van der Waals surface area (Å²) >= 11 is 0. The van der Waals surface area contributed by atoms with E-state index < -0.39 is 0 Å². The monoisotopic (exact) mass is 181 g/mol. The Balaban J connectivity index is 0.000000145. The van der Waals surface area contributed by atoms with Crippen molar-refractivity contribution in [2.75, 3.05) is 0 Å². The molecule has 1 heterocycles. The minimum Gasteiger partial charge on any atom is -0.228 e. The number of pyridine rings is 1. The molecule has 0 aliphatic heterocycles. The molecule has 2 rings (SSSR count). The molecule has 1 fully saturated rings. The number of rotatable bonds is 1. The van der Waals surface area contributed by atoms with Crippen LogP contribution < -0.4 is 0 Å². The zero-order valence-electron chi connectivity index (χ0n) is 8.26. The summed E-state index contributed by atoms with van der Waals surface area (Å²) in [6, 6.07) is 3.39. The van der Waals surface area contributed by atoms with Crippen LogP contribution >= 0.6 is 0 Å². The smallest absolute Gasteiger partial charge is 0.215 e. The number of aromatic nitrogens is 1. The van der Waals surface area contributed by atoms with Crippen LogP contribution in [0, 0.1) is 18.8 Å². The third kappa shape index (κ3) is 4.02. The largest absolute Gasteiger partial charge is 0.228 e. The van der Waals surface area contributed by atoms with Crippen LogP contribution in [-0.4, -0.2) is 4.98 Å². The molecular formula is C11H16FN. The first-order chi connectivity index (χ1) is 6.24. The summed E-state index contributed by atoms with van der Waals surface area (Å²) in [4.78, 5) is 3.41. The lowest BCUT2D eigenvalue weighted by Gasteiger charge is -1.88. The summed E-state index contributed by atoms with van der Waals surface area (Å²) in [6.45, 7) is 3.94. The van der Waals surface area contributed by atoms with E-state index in [1.807, 2.05) is 0 Å². The lowest BCUT2D eigenvalue weighted by Crippen LogP contribution is -1.83. The van der Waals surface area contributed by atoms with Crippen molar-refractivity contribution >= 4 is 0 Å². The Kier molecular flexibility index (Phi) is 3.87. The van der Waals surface area contributed by atoms with E-state index in [4.69, 9.17) is 0 Å². The number of nitrogens with zero attached hydrogens (tertiary/aromatic N) is 1. The molecule has 1 nitrogen and oxygen atoms in total. The Morgan fingerprint density at radius 2 is 2.23 bits per heavy atom. The van der Waals surface area contributed by atoms with Crippen molar-refractivity contribution in [3.63, 3.8) is 0 Å². The van der Waals surface area contributed by atoms with Gasteiger partial charge in [0.1, 0.15) is 0 Å². The van der Waals surface area contributed by atoms with Gasteiger partial charge in [0.2, 0.25) is 5.95 Å². The fourth-order valence-corrected chi connectivity index (χ4v) is 0.993. The van der Waals surface area contributed by atoms with Crippen LogP contribution in [0.3, 0.4) is 0 Å². The fourth-order valence-electron chi connectivity index (χ4n) is 0.993. The minimum atomic E-state index is -0.382. The topological polar surface area (TPSA) is 12.9 Å². The summed E-state index contributed by atoms with van der Waals surface area (Å²) in [5, 5.41) is 0. The van der Waals surface area contributed by atoms with E-state index in [-0.39, 0.29) is 5.95 Å². The average molecular weight is 181 g/mol. The highest BCUT2D eigenvalue weighted by molar-refractivity contribution is 5.07. The molecule has 0 spiro atoms. The molecule has 0 radical (unpaired) electrons. The second-order valence-corrected chi connectivity index (χ2v) is 3.46. The Bertz CT molecular complexity index is 235. The number of halogens is 1. The van der Waals surface area contributed by atoms with Gasteiger partial charge in [-0.15, -0.1) is 0 Å². The zero-order valence-corrected chi connectivity index (χ0v) is 8.26. The van der Waals surface area contributed by atoms with Gasteiger partial charge in [0.15, 0.2) is 0 Å². The molecule has 0 atom stereocenters. The van der Waals surface area contributed by atoms with Gasteiger partial charge in [0.25, 0.3) is 0 Å². The fraction of sp³-hybridized carbons (Fsp3) is 0.545. The zero-order chi connectivity index (χ0) is 9.68. The summed E-state index contributed by atoms with van der Waals surface area (Å²) in [6.07, 6.45) is 5.87. The van der Waals surface area contributed by atoms with E-state index >= 15 is 0 Å². The minimum absolute atomic E-state index is 0.382. The Labute approximate surface area is 79.0 Å². The molecule has 13 heavy (non-hydrogen) atoms. The second-order valence-electron chi connectivity index (χ2n) is 3.46. The van der Waals surface area contributed by atoms with Gasteiger partial charge in [-0.2, -0.15) is 4.39 Å². The van der Waals surface area contributed by atoms with E-state index in [1.165, 1.54) is 25.5 Å². The Morgan fingerprint density at radius 1 is 1.54 bits per heavy atom. The van der Waals surface area contributed by atoms with E-state index in [2.05, 4.69) is 11.9 Å². The number of hydrogen-bond acceptors (Lipinski definition) is 1. The number of aryl methyl sites for hydroxylation is 1. The standard InChI is InChI=1S/C6H6FN.C5H10/c1-5-3-2-4-8-6(5)7;1-2-5-3-4-5/h2-4H,1H3;5H,2-4H2,1H3. The highest BCUT2D eigenvalue weighted by Gasteiger charge is 2.17. The molecule has 2 heteroatoms. The first-order valence-corrected chi connectivity index (χ1v) is 4.81. The van der Waals surface area contributed by atoms with Gasteiger partial charge in [-0.05, 0) is 18.9 Å². The lowest BCUT2D eigenvalue weighted by molar-refractivity contribution is 0.574. The van der Waals surface area contributed by atoms with Gasteiger partial charge in [-0.25, -0.2) is 4.98 Å². The first kappa shape index (κ1) is 10.2. The maximum atomic E-state index is 12.2. The SMILES string of the molecule is CCC1CC1.Cc1cccnc1F. The third-order valence-corrected chi connectivity index (χ3v) is 2.22. The molecule has 0 amide bonds. The van der Waals surface area contributed by atoms with Crippen molar-refractivity contribution < 1.29 is 4.39 Å². The van der Waals surface area contributed by atoms with Crippen molar-refractivity contribution in [3.05, 3.63) is 29.8 Å². The molecule has 1 aliphatic rings. The van der Waals surface area contributed by atoms with E-state index in [0.717, 1.165) is 5.92 Å². The second kappa shape index (κ2) is 4.95. The highest BCUT2D eigenvalue weighted by Crippen LogP contribution is 2.31. The molecule has 0 saturated heterocycles. The normalized spacial score (nSPS) is 14.7. The molecular weight excluding hydrogens is 165 g/mol. The van der Waals surface area contributed by atoms with Crippen molar-refractivity contribution in [1.82, 2.24) is 4.98 Å². The van der Waals surface area contributed by atoms with E-state index in [1.54, 1.807) is 19.1 Å². The predicted octanol–water partition coefficient (Wildman–Crippen LogP) is 3.34. The molecule has 1 aromatic rings. The molecule has 1 saturated carbocycles. The lowest BCUT2D eigenvalue weighted by atomic mass is 10.3. The molecule has 0 aromatic carbocycles. The van der Waals surface area contributed by atoms with Crippen molar-refractivity contribution in [2.45, 2.75) is 33.1 Å². The number of hydrogen-bond donors (Lipinski definition) is 0. The molecule has 0 bridgehead atoms. The van der Waals surface area contributed by atoms with Crippen LogP contribution in [0.15, 0.2) is 18.3 Å². The van der Waals surface area contributed by atoms with Gasteiger partial charge < -0.3 is 0 Å². The van der Waals surface area contributed by atoms with Crippen molar-refractivity contribution in [2.24, 2.45) is 5.92 Å². The van der Waals surface area contributed by atoms with Crippen molar-refractivity contribution in [3.8, 4) is 0 Å². The van der Waals surface area contributed by atoms with Gasteiger partial charge in [-0.3, -0.25) is 0 Å². The van der Waals surface area contributed by atoms with Gasteiger partial charge in [0, 0.05) is 11.8 Å². The van der Waals surface area contributed by atoms with E-state index in [9.17, 15) is 4.39 Å². The van der Waals surface area contributed by atoms with Crippen LogP contribution in [-0.2, 0) is 0 Å². The molecule has 1 aliphatic carbocycles. The first-order valence-electron chi connectivity index (χ1n) is 4.81. The summed E-state index contributed by atoms with van der Waals surface area (Å²) in [5.74, 6) is 0.752. The van der Waals surface area contributed by atoms with Crippen LogP contribution in [0.4, 0.5) is 4.39 Å². The van der Waals surface area contributed by atoms with Crippen LogP contribution in [0.5, 0.6) is 0 Å². The predicted molar refractivity (Wildman–Crippen MR) is 51.9 cm³/mol. The summed E-state index contributed by atoms with van der Waals surface area (Å²) in [7, 11) is 0. The maximum absolute atomic E-state index is 12.2. The third-order valence-electron chi connectivity index (χ3n) is 2.22. The molecule has 0 N–H and O–H groups in total. The molecule has 72 valence electrons.